The van der Waals surface area contributed by atoms with Crippen LogP contribution in [-0.4, -0.2) is 65.1 Å². The third-order valence-corrected chi connectivity index (χ3v) is 3.92. The Balaban J connectivity index is 1.72. The van der Waals surface area contributed by atoms with E-state index < -0.39 is 0 Å². The van der Waals surface area contributed by atoms with Gasteiger partial charge >= 0.3 is 0 Å². The van der Waals surface area contributed by atoms with Crippen LogP contribution in [0.5, 0.6) is 0 Å². The fourth-order valence-electron chi connectivity index (χ4n) is 2.97. The Bertz CT molecular complexity index is 205. The average molecular weight is 228 g/mol. The number of hydrogen-bond donors (Lipinski definition) is 2. The van der Waals surface area contributed by atoms with Crippen LogP contribution in [0, 0.1) is 0 Å². The van der Waals surface area contributed by atoms with Gasteiger partial charge in [-0.05, 0) is 45.2 Å². The van der Waals surface area contributed by atoms with Crippen LogP contribution >= 0.6 is 0 Å². The van der Waals surface area contributed by atoms with Crippen LogP contribution in [-0.2, 0) is 0 Å². The van der Waals surface area contributed by atoms with Gasteiger partial charge in [-0.15, -0.1) is 0 Å². The van der Waals surface area contributed by atoms with Gasteiger partial charge in [0.1, 0.15) is 6.23 Å². The van der Waals surface area contributed by atoms with Crippen molar-refractivity contribution >= 4 is 0 Å². The molecule has 2 saturated heterocycles. The summed E-state index contributed by atoms with van der Waals surface area (Å²) >= 11 is 0. The zero-order chi connectivity index (χ0) is 11.4. The predicted molar refractivity (Wildman–Crippen MR) is 63.1 cm³/mol. The molecule has 2 fully saturated rings. The minimum absolute atomic E-state index is 0.186. The average Bonchev–Trinajstić information content (AvgIpc) is 2.74. The summed E-state index contributed by atoms with van der Waals surface area (Å²) in [5.41, 5.74) is 0. The van der Waals surface area contributed by atoms with Crippen molar-refractivity contribution in [3.63, 3.8) is 0 Å². The molecule has 0 saturated carbocycles. The van der Waals surface area contributed by atoms with E-state index in [4.69, 9.17) is 5.11 Å². The Kier molecular flexibility index (Phi) is 4.58. The molecule has 0 aromatic rings. The summed E-state index contributed by atoms with van der Waals surface area (Å²) in [5, 5.41) is 18.6. The van der Waals surface area contributed by atoms with Gasteiger partial charge in [0.05, 0.1) is 0 Å². The predicted octanol–water partition coefficient (Wildman–Crippen LogP) is 0.247. The first-order valence-corrected chi connectivity index (χ1v) is 6.58. The van der Waals surface area contributed by atoms with Crippen molar-refractivity contribution in [2.75, 3.05) is 32.8 Å². The molecule has 0 spiro atoms. The first-order valence-electron chi connectivity index (χ1n) is 6.58. The van der Waals surface area contributed by atoms with E-state index in [1.165, 1.54) is 12.8 Å². The Morgan fingerprint density at radius 1 is 1.06 bits per heavy atom. The van der Waals surface area contributed by atoms with Crippen LogP contribution in [0.4, 0.5) is 0 Å². The van der Waals surface area contributed by atoms with E-state index in [-0.39, 0.29) is 6.23 Å². The SMILES string of the molecule is OCCCN1CCC(N2CCC[C@H]2O)CC1. The second-order valence-corrected chi connectivity index (χ2v) is 5.01. The van der Waals surface area contributed by atoms with Crippen molar-refractivity contribution in [1.82, 2.24) is 9.80 Å². The van der Waals surface area contributed by atoms with E-state index >= 15 is 0 Å². The molecule has 2 aliphatic rings. The van der Waals surface area contributed by atoms with Gasteiger partial charge in [-0.2, -0.15) is 0 Å². The molecule has 0 aromatic heterocycles. The van der Waals surface area contributed by atoms with Crippen LogP contribution in [0.15, 0.2) is 0 Å². The van der Waals surface area contributed by atoms with Crippen molar-refractivity contribution in [1.29, 1.82) is 0 Å². The smallest absolute Gasteiger partial charge is 0.107 e. The number of nitrogens with zero attached hydrogens (tertiary/aromatic N) is 2. The fourth-order valence-corrected chi connectivity index (χ4v) is 2.97. The topological polar surface area (TPSA) is 46.9 Å². The molecular weight excluding hydrogens is 204 g/mol. The highest BCUT2D eigenvalue weighted by atomic mass is 16.3. The lowest BCUT2D eigenvalue weighted by Crippen LogP contribution is -2.46. The maximum Gasteiger partial charge on any atom is 0.107 e. The molecule has 2 aliphatic heterocycles. The van der Waals surface area contributed by atoms with Gasteiger partial charge < -0.3 is 15.1 Å². The second-order valence-electron chi connectivity index (χ2n) is 5.01. The standard InChI is InChI=1S/C12H24N2O2/c15-10-2-6-13-8-4-11(5-9-13)14-7-1-3-12(14)16/h11-12,15-16H,1-10H2/t12-/m1/s1. The monoisotopic (exact) mass is 228 g/mol. The summed E-state index contributed by atoms with van der Waals surface area (Å²) in [7, 11) is 0. The lowest BCUT2D eigenvalue weighted by Gasteiger charge is -2.38. The maximum atomic E-state index is 9.83. The van der Waals surface area contributed by atoms with Crippen LogP contribution in [0.25, 0.3) is 0 Å². The number of aliphatic hydroxyl groups excluding tert-OH is 2. The molecular formula is C12H24N2O2. The largest absolute Gasteiger partial charge is 0.396 e. The molecule has 16 heavy (non-hydrogen) atoms. The summed E-state index contributed by atoms with van der Waals surface area (Å²) in [6.07, 6.45) is 5.13. The zero-order valence-electron chi connectivity index (χ0n) is 10.0. The van der Waals surface area contributed by atoms with Gasteiger partial charge in [-0.1, -0.05) is 0 Å². The van der Waals surface area contributed by atoms with Crippen LogP contribution in [0.3, 0.4) is 0 Å². The molecule has 0 unspecified atom stereocenters. The molecule has 4 nitrogen and oxygen atoms in total. The van der Waals surface area contributed by atoms with Crippen LogP contribution in [0.1, 0.15) is 32.1 Å². The number of likely N-dealkylation sites (tertiary alicyclic amines) is 2. The van der Waals surface area contributed by atoms with Crippen LogP contribution in [0.2, 0.25) is 0 Å². The number of aliphatic hydroxyl groups is 2. The first kappa shape index (κ1) is 12.3. The van der Waals surface area contributed by atoms with Gasteiger partial charge in [0.25, 0.3) is 0 Å². The highest BCUT2D eigenvalue weighted by Gasteiger charge is 2.31. The van der Waals surface area contributed by atoms with Gasteiger partial charge in [-0.25, -0.2) is 0 Å². The highest BCUT2D eigenvalue weighted by Crippen LogP contribution is 2.24. The van der Waals surface area contributed by atoms with Crippen molar-refractivity contribution in [3.8, 4) is 0 Å². The Morgan fingerprint density at radius 3 is 2.38 bits per heavy atom. The molecule has 0 aliphatic carbocycles. The second kappa shape index (κ2) is 5.96. The quantitative estimate of drug-likeness (QED) is 0.724. The number of piperidine rings is 1. The molecule has 2 N–H and O–H groups in total. The maximum absolute atomic E-state index is 9.83. The molecule has 94 valence electrons. The van der Waals surface area contributed by atoms with E-state index in [1.807, 2.05) is 0 Å². The highest BCUT2D eigenvalue weighted by molar-refractivity contribution is 4.84. The lowest BCUT2D eigenvalue weighted by atomic mass is 10.0. The molecule has 4 heteroatoms. The van der Waals surface area contributed by atoms with Crippen molar-refractivity contribution < 1.29 is 10.2 Å². The van der Waals surface area contributed by atoms with Crippen molar-refractivity contribution in [2.24, 2.45) is 0 Å². The third-order valence-electron chi connectivity index (χ3n) is 3.92. The summed E-state index contributed by atoms with van der Waals surface area (Å²) < 4.78 is 0. The van der Waals surface area contributed by atoms with E-state index in [9.17, 15) is 5.11 Å². The van der Waals surface area contributed by atoms with E-state index in [2.05, 4.69) is 9.80 Å². The minimum Gasteiger partial charge on any atom is -0.396 e. The number of hydrogen-bond acceptors (Lipinski definition) is 4. The third kappa shape index (κ3) is 2.94. The molecule has 1 atom stereocenters. The van der Waals surface area contributed by atoms with Crippen molar-refractivity contribution in [2.45, 2.75) is 44.4 Å². The Labute approximate surface area is 97.9 Å². The molecule has 0 aromatic carbocycles. The summed E-state index contributed by atoms with van der Waals surface area (Å²) in [5.74, 6) is 0. The van der Waals surface area contributed by atoms with Crippen LogP contribution < -0.4 is 0 Å². The van der Waals surface area contributed by atoms with E-state index in [1.54, 1.807) is 0 Å². The minimum atomic E-state index is -0.186. The normalized spacial score (nSPS) is 30.0. The number of rotatable bonds is 4. The van der Waals surface area contributed by atoms with Gasteiger partial charge in [-0.3, -0.25) is 4.90 Å². The van der Waals surface area contributed by atoms with E-state index in [0.29, 0.717) is 12.6 Å². The van der Waals surface area contributed by atoms with E-state index in [0.717, 1.165) is 45.4 Å². The lowest BCUT2D eigenvalue weighted by molar-refractivity contribution is -0.0112. The summed E-state index contributed by atoms with van der Waals surface area (Å²) in [6.45, 7) is 4.63. The van der Waals surface area contributed by atoms with Gasteiger partial charge in [0, 0.05) is 25.7 Å². The molecule has 0 amide bonds. The Morgan fingerprint density at radius 2 is 1.81 bits per heavy atom. The Hall–Kier alpha value is -0.160. The fraction of sp³-hybridized carbons (Fsp3) is 1.00. The summed E-state index contributed by atoms with van der Waals surface area (Å²) in [4.78, 5) is 4.71. The molecule has 2 rings (SSSR count). The summed E-state index contributed by atoms with van der Waals surface area (Å²) in [6, 6.07) is 0.586. The molecule has 2 heterocycles. The van der Waals surface area contributed by atoms with Gasteiger partial charge in [0.15, 0.2) is 0 Å². The zero-order valence-corrected chi connectivity index (χ0v) is 10.0. The van der Waals surface area contributed by atoms with Gasteiger partial charge in [0.2, 0.25) is 0 Å². The first-order chi connectivity index (χ1) is 7.81. The van der Waals surface area contributed by atoms with Crippen molar-refractivity contribution in [3.05, 3.63) is 0 Å². The molecule has 0 bridgehead atoms. The molecule has 0 radical (unpaired) electrons.